The van der Waals surface area contributed by atoms with Gasteiger partial charge in [-0.05, 0) is 42.0 Å². The maximum absolute atomic E-state index is 13.1. The molecule has 7 heteroatoms. The fraction of sp³-hybridized carbons (Fsp3) is 0.381. The molecule has 2 saturated heterocycles. The number of hydrogen-bond acceptors (Lipinski definition) is 5. The number of halogens is 1. The van der Waals surface area contributed by atoms with Gasteiger partial charge in [-0.1, -0.05) is 12.1 Å². The van der Waals surface area contributed by atoms with E-state index < -0.39 is 0 Å². The molecule has 2 aliphatic heterocycles. The molecule has 0 aromatic heterocycles. The number of ether oxygens (including phenoxy) is 1. The highest BCUT2D eigenvalue weighted by atomic mass is 19.1. The quantitative estimate of drug-likeness (QED) is 0.846. The molecule has 6 nitrogen and oxygen atoms in total. The van der Waals surface area contributed by atoms with Gasteiger partial charge in [-0.15, -0.1) is 0 Å². The van der Waals surface area contributed by atoms with Crippen LogP contribution in [0.1, 0.15) is 18.0 Å². The lowest BCUT2D eigenvalue weighted by Gasteiger charge is -2.43. The average molecular weight is 384 g/mol. The van der Waals surface area contributed by atoms with E-state index in [-0.39, 0.29) is 24.1 Å². The molecule has 0 spiro atoms. The zero-order valence-corrected chi connectivity index (χ0v) is 15.9. The Morgan fingerprint density at radius 2 is 1.68 bits per heavy atom. The molecule has 2 N–H and O–H groups in total. The van der Waals surface area contributed by atoms with E-state index in [0.29, 0.717) is 6.42 Å². The van der Waals surface area contributed by atoms with Gasteiger partial charge in [-0.2, -0.15) is 0 Å². The lowest BCUT2D eigenvalue weighted by molar-refractivity contribution is -0.127. The highest BCUT2D eigenvalue weighted by Gasteiger charge is 2.32. The van der Waals surface area contributed by atoms with Crippen LogP contribution in [0.5, 0.6) is 5.75 Å². The topological polar surface area (TPSA) is 56.8 Å². The third kappa shape index (κ3) is 4.10. The Labute approximate surface area is 164 Å². The van der Waals surface area contributed by atoms with E-state index in [1.54, 1.807) is 7.11 Å². The first-order valence-corrected chi connectivity index (χ1v) is 9.56. The van der Waals surface area contributed by atoms with E-state index in [1.165, 1.54) is 12.1 Å². The van der Waals surface area contributed by atoms with Crippen LogP contribution >= 0.6 is 0 Å². The van der Waals surface area contributed by atoms with Crippen LogP contribution in [0.2, 0.25) is 0 Å². The Morgan fingerprint density at radius 1 is 1.00 bits per heavy atom. The van der Waals surface area contributed by atoms with Gasteiger partial charge in [-0.3, -0.25) is 15.0 Å². The van der Waals surface area contributed by atoms with Crippen LogP contribution in [-0.4, -0.2) is 50.4 Å². The van der Waals surface area contributed by atoms with Crippen molar-refractivity contribution in [3.05, 3.63) is 59.9 Å². The summed E-state index contributed by atoms with van der Waals surface area (Å²) >= 11 is 0. The van der Waals surface area contributed by atoms with Crippen LogP contribution in [-0.2, 0) is 4.79 Å². The van der Waals surface area contributed by atoms with Crippen LogP contribution in [0.3, 0.4) is 0 Å². The van der Waals surface area contributed by atoms with E-state index in [2.05, 4.69) is 20.4 Å². The van der Waals surface area contributed by atoms with Crippen molar-refractivity contribution in [2.24, 2.45) is 0 Å². The summed E-state index contributed by atoms with van der Waals surface area (Å²) in [5.74, 6) is 0.629. The van der Waals surface area contributed by atoms with Crippen LogP contribution in [0.4, 0.5) is 10.1 Å². The number of benzene rings is 2. The summed E-state index contributed by atoms with van der Waals surface area (Å²) in [6, 6.07) is 14.4. The average Bonchev–Trinajstić information content (AvgIpc) is 2.74. The number of anilines is 1. The molecular formula is C21H25FN4O2. The van der Waals surface area contributed by atoms with Gasteiger partial charge in [0, 0.05) is 44.3 Å². The summed E-state index contributed by atoms with van der Waals surface area (Å²) in [7, 11) is 1.64. The molecule has 4 rings (SSSR count). The third-order valence-corrected chi connectivity index (χ3v) is 5.44. The van der Waals surface area contributed by atoms with Crippen LogP contribution in [0, 0.1) is 5.82 Å². The van der Waals surface area contributed by atoms with Crippen molar-refractivity contribution < 1.29 is 13.9 Å². The number of methoxy groups -OCH3 is 1. The minimum absolute atomic E-state index is 0.0280. The third-order valence-electron chi connectivity index (χ3n) is 5.44. The first-order chi connectivity index (χ1) is 13.6. The molecule has 2 unspecified atom stereocenters. The molecule has 2 heterocycles. The summed E-state index contributed by atoms with van der Waals surface area (Å²) < 4.78 is 18.3. The smallest absolute Gasteiger partial charge is 0.224 e. The largest absolute Gasteiger partial charge is 0.497 e. The van der Waals surface area contributed by atoms with Gasteiger partial charge in [0.25, 0.3) is 0 Å². The number of carbonyl (C=O) groups is 1. The molecule has 28 heavy (non-hydrogen) atoms. The van der Waals surface area contributed by atoms with E-state index >= 15 is 0 Å². The van der Waals surface area contributed by atoms with Gasteiger partial charge in [0.2, 0.25) is 5.91 Å². The second-order valence-electron chi connectivity index (χ2n) is 7.17. The first kappa shape index (κ1) is 18.7. The maximum Gasteiger partial charge on any atom is 0.224 e. The van der Waals surface area contributed by atoms with Crippen molar-refractivity contribution >= 4 is 11.6 Å². The number of piperazine rings is 1. The Kier molecular flexibility index (Phi) is 5.45. The molecule has 0 bridgehead atoms. The zero-order valence-electron chi connectivity index (χ0n) is 15.9. The van der Waals surface area contributed by atoms with Crippen molar-refractivity contribution in [1.29, 1.82) is 0 Å². The number of rotatable bonds is 4. The Hall–Kier alpha value is -2.64. The zero-order chi connectivity index (χ0) is 19.5. The van der Waals surface area contributed by atoms with Crippen molar-refractivity contribution in [3.63, 3.8) is 0 Å². The maximum atomic E-state index is 13.1. The van der Waals surface area contributed by atoms with Crippen molar-refractivity contribution in [1.82, 2.24) is 15.5 Å². The normalized spacial score (nSPS) is 23.4. The van der Waals surface area contributed by atoms with Crippen LogP contribution in [0.15, 0.2) is 48.5 Å². The molecule has 0 radical (unpaired) electrons. The van der Waals surface area contributed by atoms with E-state index in [9.17, 15) is 9.18 Å². The monoisotopic (exact) mass is 384 g/mol. The van der Waals surface area contributed by atoms with Crippen molar-refractivity contribution in [2.75, 3.05) is 38.2 Å². The number of nitrogens with zero attached hydrogens (tertiary/aromatic N) is 2. The van der Waals surface area contributed by atoms with Gasteiger partial charge in [0.15, 0.2) is 0 Å². The van der Waals surface area contributed by atoms with Crippen LogP contribution in [0.25, 0.3) is 0 Å². The summed E-state index contributed by atoms with van der Waals surface area (Å²) in [4.78, 5) is 16.8. The van der Waals surface area contributed by atoms with Crippen molar-refractivity contribution in [3.8, 4) is 5.75 Å². The summed E-state index contributed by atoms with van der Waals surface area (Å²) in [6.07, 6.45) is 0.224. The standard InChI is InChI=1S/C21H25FN4O2/c1-28-18-8-2-15(3-9-18)19-14-20(27)24-21(23-19)26-12-10-25(11-13-26)17-6-4-16(22)5-7-17/h2-9,19,21,23H,10-14H2,1H3,(H,24,27). The molecule has 2 aliphatic rings. The molecule has 2 aromatic carbocycles. The molecule has 2 atom stereocenters. The number of hydrogen-bond donors (Lipinski definition) is 2. The second kappa shape index (κ2) is 8.16. The predicted molar refractivity (Wildman–Crippen MR) is 106 cm³/mol. The minimum atomic E-state index is -0.221. The summed E-state index contributed by atoms with van der Waals surface area (Å²) in [5, 5.41) is 6.61. The highest BCUT2D eigenvalue weighted by molar-refractivity contribution is 5.78. The highest BCUT2D eigenvalue weighted by Crippen LogP contribution is 2.24. The van der Waals surface area contributed by atoms with E-state index in [1.807, 2.05) is 36.4 Å². The fourth-order valence-corrected chi connectivity index (χ4v) is 3.83. The molecule has 2 fully saturated rings. The first-order valence-electron chi connectivity index (χ1n) is 9.56. The fourth-order valence-electron chi connectivity index (χ4n) is 3.83. The van der Waals surface area contributed by atoms with Crippen molar-refractivity contribution in [2.45, 2.75) is 18.8 Å². The lowest BCUT2D eigenvalue weighted by atomic mass is 10.0. The molecule has 0 aliphatic carbocycles. The van der Waals surface area contributed by atoms with Gasteiger partial charge >= 0.3 is 0 Å². The Balaban J connectivity index is 1.38. The Morgan fingerprint density at radius 3 is 2.32 bits per heavy atom. The molecule has 2 aromatic rings. The van der Waals surface area contributed by atoms with E-state index in [0.717, 1.165) is 43.2 Å². The SMILES string of the molecule is COc1ccc(C2CC(=O)NC(N3CCN(c4ccc(F)cc4)CC3)N2)cc1. The molecule has 0 saturated carbocycles. The minimum Gasteiger partial charge on any atom is -0.497 e. The number of amides is 1. The van der Waals surface area contributed by atoms with Gasteiger partial charge in [0.1, 0.15) is 17.9 Å². The number of carbonyl (C=O) groups excluding carboxylic acids is 1. The molecule has 148 valence electrons. The predicted octanol–water partition coefficient (Wildman–Crippen LogP) is 2.09. The van der Waals surface area contributed by atoms with Gasteiger partial charge in [0.05, 0.1) is 7.11 Å². The summed E-state index contributed by atoms with van der Waals surface area (Å²) in [5.41, 5.74) is 2.10. The second-order valence-corrected chi connectivity index (χ2v) is 7.17. The lowest BCUT2D eigenvalue weighted by Crippen LogP contribution is -2.64. The van der Waals surface area contributed by atoms with E-state index in [4.69, 9.17) is 4.74 Å². The van der Waals surface area contributed by atoms with Crippen LogP contribution < -0.4 is 20.3 Å². The molecule has 1 amide bonds. The Bertz CT molecular complexity index is 804. The van der Waals surface area contributed by atoms with Gasteiger partial charge in [-0.25, -0.2) is 4.39 Å². The number of nitrogens with one attached hydrogen (secondary N) is 2. The summed E-state index contributed by atoms with van der Waals surface area (Å²) in [6.45, 7) is 3.27. The molecular weight excluding hydrogens is 359 g/mol. The van der Waals surface area contributed by atoms with Gasteiger partial charge < -0.3 is 15.0 Å².